The standard InChI is InChI=1S/C16H9F5N2O/c17-9-1-3-11(12(18)7-9)15(24)22-10-2-4-13-8(5-10)6-14(23-13)16(19,20)21/h1-7,23H,(H,22,24). The third-order valence-corrected chi connectivity index (χ3v) is 3.36. The van der Waals surface area contributed by atoms with Crippen molar-refractivity contribution in [3.05, 3.63) is 65.4 Å². The summed E-state index contributed by atoms with van der Waals surface area (Å²) < 4.78 is 64.4. The Balaban J connectivity index is 1.88. The van der Waals surface area contributed by atoms with Crippen LogP contribution in [0.2, 0.25) is 0 Å². The summed E-state index contributed by atoms with van der Waals surface area (Å²) in [5.74, 6) is -2.69. The Morgan fingerprint density at radius 1 is 1.00 bits per heavy atom. The number of benzene rings is 2. The number of alkyl halides is 3. The Morgan fingerprint density at radius 3 is 2.42 bits per heavy atom. The minimum absolute atomic E-state index is 0.184. The second kappa shape index (κ2) is 5.63. The number of carbonyl (C=O) groups is 1. The predicted octanol–water partition coefficient (Wildman–Crippen LogP) is 4.72. The van der Waals surface area contributed by atoms with Gasteiger partial charge in [0.1, 0.15) is 17.3 Å². The molecule has 0 saturated heterocycles. The summed E-state index contributed by atoms with van der Waals surface area (Å²) in [5, 5.41) is 2.60. The molecule has 0 aliphatic carbocycles. The van der Waals surface area contributed by atoms with Gasteiger partial charge in [-0.25, -0.2) is 8.78 Å². The number of amides is 1. The number of H-pyrrole nitrogens is 1. The van der Waals surface area contributed by atoms with Crippen molar-refractivity contribution in [1.29, 1.82) is 0 Å². The highest BCUT2D eigenvalue weighted by atomic mass is 19.4. The molecule has 1 aromatic heterocycles. The molecule has 1 heterocycles. The van der Waals surface area contributed by atoms with Gasteiger partial charge < -0.3 is 10.3 Å². The molecule has 2 aromatic carbocycles. The molecule has 8 heteroatoms. The van der Waals surface area contributed by atoms with Crippen LogP contribution in [0.1, 0.15) is 16.1 Å². The normalized spacial score (nSPS) is 11.7. The average Bonchev–Trinajstić information content (AvgIpc) is 2.90. The molecule has 0 spiro atoms. The Bertz CT molecular complexity index is 930. The number of rotatable bonds is 2. The van der Waals surface area contributed by atoms with Crippen molar-refractivity contribution in [2.24, 2.45) is 0 Å². The molecule has 0 aliphatic heterocycles. The number of fused-ring (bicyclic) bond motifs is 1. The number of aromatic nitrogens is 1. The monoisotopic (exact) mass is 340 g/mol. The molecule has 0 unspecified atom stereocenters. The third-order valence-electron chi connectivity index (χ3n) is 3.36. The average molecular weight is 340 g/mol. The molecule has 0 radical (unpaired) electrons. The van der Waals surface area contributed by atoms with Crippen LogP contribution in [0.3, 0.4) is 0 Å². The first-order chi connectivity index (χ1) is 11.2. The van der Waals surface area contributed by atoms with E-state index in [4.69, 9.17) is 0 Å². The molecule has 24 heavy (non-hydrogen) atoms. The third kappa shape index (κ3) is 3.08. The molecule has 3 nitrogen and oxygen atoms in total. The van der Waals surface area contributed by atoms with Gasteiger partial charge in [-0.1, -0.05) is 0 Å². The lowest BCUT2D eigenvalue weighted by molar-refractivity contribution is -0.140. The van der Waals surface area contributed by atoms with Gasteiger partial charge in [0.05, 0.1) is 5.56 Å². The molecule has 0 bridgehead atoms. The van der Waals surface area contributed by atoms with Gasteiger partial charge in [-0.2, -0.15) is 13.2 Å². The van der Waals surface area contributed by atoms with Gasteiger partial charge in [0.2, 0.25) is 0 Å². The number of hydrogen-bond donors (Lipinski definition) is 2. The van der Waals surface area contributed by atoms with Gasteiger partial charge in [0, 0.05) is 22.7 Å². The number of hydrogen-bond acceptors (Lipinski definition) is 1. The van der Waals surface area contributed by atoms with E-state index in [2.05, 4.69) is 10.3 Å². The van der Waals surface area contributed by atoms with E-state index in [0.717, 1.165) is 18.2 Å². The van der Waals surface area contributed by atoms with Gasteiger partial charge in [0.25, 0.3) is 5.91 Å². The first kappa shape index (κ1) is 16.0. The second-order valence-electron chi connectivity index (χ2n) is 5.06. The Kier molecular flexibility index (Phi) is 3.75. The molecule has 3 rings (SSSR count). The molecule has 0 saturated carbocycles. The first-order valence-corrected chi connectivity index (χ1v) is 6.70. The van der Waals surface area contributed by atoms with Crippen molar-refractivity contribution in [1.82, 2.24) is 4.98 Å². The van der Waals surface area contributed by atoms with Gasteiger partial charge in [-0.15, -0.1) is 0 Å². The van der Waals surface area contributed by atoms with E-state index in [1.165, 1.54) is 18.2 Å². The van der Waals surface area contributed by atoms with Crippen LogP contribution in [0.5, 0.6) is 0 Å². The number of halogens is 5. The number of carbonyl (C=O) groups excluding carboxylic acids is 1. The number of anilines is 1. The Labute approximate surface area is 132 Å². The molecule has 0 aliphatic rings. The quantitative estimate of drug-likeness (QED) is 0.652. The van der Waals surface area contributed by atoms with Crippen molar-refractivity contribution >= 4 is 22.5 Å². The van der Waals surface area contributed by atoms with E-state index >= 15 is 0 Å². The maximum absolute atomic E-state index is 13.6. The van der Waals surface area contributed by atoms with E-state index < -0.39 is 29.4 Å². The van der Waals surface area contributed by atoms with E-state index in [0.29, 0.717) is 6.07 Å². The summed E-state index contributed by atoms with van der Waals surface area (Å²) in [6, 6.07) is 7.45. The lowest BCUT2D eigenvalue weighted by Gasteiger charge is -2.06. The van der Waals surface area contributed by atoms with Crippen LogP contribution in [0, 0.1) is 11.6 Å². The van der Waals surface area contributed by atoms with Crippen molar-refractivity contribution in [2.75, 3.05) is 5.32 Å². The van der Waals surface area contributed by atoms with Crippen LogP contribution in [0.4, 0.5) is 27.6 Å². The highest BCUT2D eigenvalue weighted by Gasteiger charge is 2.32. The molecule has 0 atom stereocenters. The molecular weight excluding hydrogens is 331 g/mol. The fourth-order valence-electron chi connectivity index (χ4n) is 2.24. The van der Waals surface area contributed by atoms with Gasteiger partial charge in [-0.05, 0) is 36.4 Å². The zero-order valence-corrected chi connectivity index (χ0v) is 11.8. The first-order valence-electron chi connectivity index (χ1n) is 6.70. The number of aromatic amines is 1. The van der Waals surface area contributed by atoms with Gasteiger partial charge >= 0.3 is 6.18 Å². The predicted molar refractivity (Wildman–Crippen MR) is 77.6 cm³/mol. The minimum atomic E-state index is -4.51. The minimum Gasteiger partial charge on any atom is -0.351 e. The van der Waals surface area contributed by atoms with Crippen LogP contribution in [0.25, 0.3) is 10.9 Å². The topological polar surface area (TPSA) is 44.9 Å². The van der Waals surface area contributed by atoms with E-state index in [1.807, 2.05) is 0 Å². The largest absolute Gasteiger partial charge is 0.431 e. The van der Waals surface area contributed by atoms with Crippen LogP contribution in [-0.4, -0.2) is 10.9 Å². The molecule has 0 fully saturated rings. The lowest BCUT2D eigenvalue weighted by atomic mass is 10.1. The second-order valence-corrected chi connectivity index (χ2v) is 5.06. The smallest absolute Gasteiger partial charge is 0.351 e. The Morgan fingerprint density at radius 2 is 1.75 bits per heavy atom. The summed E-state index contributed by atoms with van der Waals surface area (Å²) in [4.78, 5) is 14.2. The van der Waals surface area contributed by atoms with Crippen LogP contribution in [0.15, 0.2) is 42.5 Å². The van der Waals surface area contributed by atoms with Crippen LogP contribution in [-0.2, 0) is 6.18 Å². The van der Waals surface area contributed by atoms with E-state index in [-0.39, 0.29) is 22.2 Å². The van der Waals surface area contributed by atoms with Gasteiger partial charge in [0.15, 0.2) is 0 Å². The van der Waals surface area contributed by atoms with Crippen molar-refractivity contribution in [3.63, 3.8) is 0 Å². The maximum Gasteiger partial charge on any atom is 0.431 e. The molecule has 2 N–H and O–H groups in total. The van der Waals surface area contributed by atoms with Gasteiger partial charge in [-0.3, -0.25) is 4.79 Å². The molecule has 1 amide bonds. The maximum atomic E-state index is 13.6. The highest BCUT2D eigenvalue weighted by molar-refractivity contribution is 6.05. The van der Waals surface area contributed by atoms with Crippen LogP contribution < -0.4 is 5.32 Å². The summed E-state index contributed by atoms with van der Waals surface area (Å²) in [7, 11) is 0. The van der Waals surface area contributed by atoms with E-state index in [1.54, 1.807) is 0 Å². The van der Waals surface area contributed by atoms with Crippen molar-refractivity contribution in [2.45, 2.75) is 6.18 Å². The van der Waals surface area contributed by atoms with Crippen molar-refractivity contribution in [3.8, 4) is 0 Å². The zero-order chi connectivity index (χ0) is 17.5. The summed E-state index contributed by atoms with van der Waals surface area (Å²) >= 11 is 0. The lowest BCUT2D eigenvalue weighted by Crippen LogP contribution is -2.13. The van der Waals surface area contributed by atoms with Crippen LogP contribution >= 0.6 is 0 Å². The summed E-state index contributed by atoms with van der Waals surface area (Å²) in [6.45, 7) is 0. The molecular formula is C16H9F5N2O. The van der Waals surface area contributed by atoms with Crippen molar-refractivity contribution < 1.29 is 26.7 Å². The summed E-state index contributed by atoms with van der Waals surface area (Å²) in [5.41, 5.74) is -0.857. The fourth-order valence-corrected chi connectivity index (χ4v) is 2.24. The van der Waals surface area contributed by atoms with E-state index in [9.17, 15) is 26.7 Å². The highest BCUT2D eigenvalue weighted by Crippen LogP contribution is 2.32. The SMILES string of the molecule is O=C(Nc1ccc2[nH]c(C(F)(F)F)cc2c1)c1ccc(F)cc1F. The Hall–Kier alpha value is -2.90. The number of nitrogens with one attached hydrogen (secondary N) is 2. The summed E-state index contributed by atoms with van der Waals surface area (Å²) in [6.07, 6.45) is -4.51. The molecule has 124 valence electrons. The zero-order valence-electron chi connectivity index (χ0n) is 11.8. The fraction of sp³-hybridized carbons (Fsp3) is 0.0625. The molecule has 3 aromatic rings.